The molecular formula is C31H31N3O2S. The van der Waals surface area contributed by atoms with Crippen molar-refractivity contribution in [1.82, 2.24) is 9.88 Å². The smallest absolute Gasteiger partial charge is 0.318 e. The lowest BCUT2D eigenvalue weighted by Crippen LogP contribution is -2.46. The van der Waals surface area contributed by atoms with Gasteiger partial charge in [0.2, 0.25) is 0 Å². The lowest BCUT2D eigenvalue weighted by Gasteiger charge is -2.36. The SMILES string of the molecule is O=C(O)C1(CCCCN2CCN(c3ccc(-c4nccs4)cc3)CC2)c2ccccc2-c2ccccc21. The highest BCUT2D eigenvalue weighted by Crippen LogP contribution is 2.51. The number of benzene rings is 3. The molecule has 0 amide bonds. The molecule has 188 valence electrons. The van der Waals surface area contributed by atoms with Crippen molar-refractivity contribution in [2.45, 2.75) is 24.7 Å². The molecule has 1 aromatic heterocycles. The molecule has 1 fully saturated rings. The van der Waals surface area contributed by atoms with Crippen LogP contribution in [0.1, 0.15) is 30.4 Å². The first-order valence-corrected chi connectivity index (χ1v) is 13.9. The summed E-state index contributed by atoms with van der Waals surface area (Å²) in [6, 6.07) is 24.8. The molecule has 1 aliphatic heterocycles. The topological polar surface area (TPSA) is 56.7 Å². The molecule has 0 unspecified atom stereocenters. The van der Waals surface area contributed by atoms with Gasteiger partial charge in [0.05, 0.1) is 0 Å². The van der Waals surface area contributed by atoms with Gasteiger partial charge in [0.15, 0.2) is 0 Å². The summed E-state index contributed by atoms with van der Waals surface area (Å²) >= 11 is 1.67. The van der Waals surface area contributed by atoms with Crippen molar-refractivity contribution < 1.29 is 9.90 Å². The molecule has 1 N–H and O–H groups in total. The standard InChI is InChI=1S/C31H31N3O2S/c35-30(36)31(27-9-3-1-7-25(27)26-8-2-4-10-28(26)31)15-5-6-17-33-18-20-34(21-19-33)24-13-11-23(12-14-24)29-32-16-22-37-29/h1-4,7-14,16,22H,5-6,15,17-21H2,(H,35,36). The van der Waals surface area contributed by atoms with Crippen LogP contribution in [0.2, 0.25) is 0 Å². The zero-order chi connectivity index (χ0) is 25.2. The monoisotopic (exact) mass is 509 g/mol. The van der Waals surface area contributed by atoms with Crippen molar-refractivity contribution in [2.24, 2.45) is 0 Å². The molecule has 6 heteroatoms. The Morgan fingerprint density at radius 1 is 0.865 bits per heavy atom. The minimum Gasteiger partial charge on any atom is -0.480 e. The highest BCUT2D eigenvalue weighted by Gasteiger charge is 2.48. The molecule has 0 atom stereocenters. The van der Waals surface area contributed by atoms with Gasteiger partial charge in [0.25, 0.3) is 0 Å². The first kappa shape index (κ1) is 23.9. The number of rotatable bonds is 8. The normalized spacial score (nSPS) is 16.4. The summed E-state index contributed by atoms with van der Waals surface area (Å²) < 4.78 is 0. The molecule has 1 saturated heterocycles. The van der Waals surface area contributed by atoms with Gasteiger partial charge in [-0.15, -0.1) is 11.3 Å². The van der Waals surface area contributed by atoms with E-state index in [0.29, 0.717) is 6.42 Å². The Hall–Kier alpha value is -3.48. The Labute approximate surface area is 222 Å². The van der Waals surface area contributed by atoms with E-state index in [2.05, 4.69) is 51.2 Å². The molecule has 4 aromatic rings. The largest absolute Gasteiger partial charge is 0.480 e. The summed E-state index contributed by atoms with van der Waals surface area (Å²) in [5.41, 5.74) is 5.51. The van der Waals surface area contributed by atoms with Gasteiger partial charge < -0.3 is 10.0 Å². The Kier molecular flexibility index (Phi) is 6.53. The van der Waals surface area contributed by atoms with Gasteiger partial charge in [-0.25, -0.2) is 4.98 Å². The molecule has 5 nitrogen and oxygen atoms in total. The number of anilines is 1. The molecule has 1 aliphatic carbocycles. The number of carboxylic acid groups (broad SMARTS) is 1. The lowest BCUT2D eigenvalue weighted by atomic mass is 9.74. The molecule has 6 rings (SSSR count). The summed E-state index contributed by atoms with van der Waals surface area (Å²) in [7, 11) is 0. The van der Waals surface area contributed by atoms with E-state index in [-0.39, 0.29) is 0 Å². The van der Waals surface area contributed by atoms with Gasteiger partial charge in [0, 0.05) is 49.0 Å². The molecule has 2 heterocycles. The fraction of sp³-hybridized carbons (Fsp3) is 0.290. The second kappa shape index (κ2) is 10.1. The fourth-order valence-electron chi connectivity index (χ4n) is 6.07. The lowest BCUT2D eigenvalue weighted by molar-refractivity contribution is -0.142. The van der Waals surface area contributed by atoms with E-state index in [1.807, 2.05) is 48.0 Å². The number of aliphatic carboxylic acids is 1. The van der Waals surface area contributed by atoms with Gasteiger partial charge in [-0.05, 0) is 65.9 Å². The van der Waals surface area contributed by atoms with Crippen LogP contribution >= 0.6 is 11.3 Å². The molecule has 0 bridgehead atoms. The van der Waals surface area contributed by atoms with Gasteiger partial charge in [-0.3, -0.25) is 9.69 Å². The van der Waals surface area contributed by atoms with Gasteiger partial charge >= 0.3 is 5.97 Å². The molecule has 2 aliphatic rings. The van der Waals surface area contributed by atoms with E-state index in [1.54, 1.807) is 11.3 Å². The predicted octanol–water partition coefficient (Wildman–Crippen LogP) is 6.15. The zero-order valence-corrected chi connectivity index (χ0v) is 21.7. The molecule has 37 heavy (non-hydrogen) atoms. The van der Waals surface area contributed by atoms with Crippen molar-refractivity contribution in [3.8, 4) is 21.7 Å². The summed E-state index contributed by atoms with van der Waals surface area (Å²) in [6.07, 6.45) is 4.36. The summed E-state index contributed by atoms with van der Waals surface area (Å²) in [5, 5.41) is 13.6. The summed E-state index contributed by atoms with van der Waals surface area (Å²) in [4.78, 5) is 22.2. The third kappa shape index (κ3) is 4.34. The van der Waals surface area contributed by atoms with Crippen molar-refractivity contribution in [3.05, 3.63) is 95.5 Å². The predicted molar refractivity (Wildman–Crippen MR) is 150 cm³/mol. The van der Waals surface area contributed by atoms with Crippen LogP contribution < -0.4 is 4.90 Å². The van der Waals surface area contributed by atoms with Crippen LogP contribution in [0, 0.1) is 0 Å². The van der Waals surface area contributed by atoms with Crippen LogP contribution in [0.25, 0.3) is 21.7 Å². The Morgan fingerprint density at radius 2 is 1.51 bits per heavy atom. The summed E-state index contributed by atoms with van der Waals surface area (Å²) in [5.74, 6) is -0.737. The maximum Gasteiger partial charge on any atom is 0.318 e. The van der Waals surface area contributed by atoms with E-state index in [0.717, 1.165) is 72.8 Å². The highest BCUT2D eigenvalue weighted by molar-refractivity contribution is 7.13. The van der Waals surface area contributed by atoms with Crippen LogP contribution in [0.3, 0.4) is 0 Å². The van der Waals surface area contributed by atoms with E-state index in [1.165, 1.54) is 11.3 Å². The average Bonchev–Trinajstić information content (AvgIpc) is 3.58. The van der Waals surface area contributed by atoms with Crippen molar-refractivity contribution >= 4 is 23.0 Å². The number of hydrogen-bond acceptors (Lipinski definition) is 5. The number of unbranched alkanes of at least 4 members (excludes halogenated alkanes) is 1. The van der Waals surface area contributed by atoms with Crippen molar-refractivity contribution in [3.63, 3.8) is 0 Å². The summed E-state index contributed by atoms with van der Waals surface area (Å²) in [6.45, 7) is 5.09. The zero-order valence-electron chi connectivity index (χ0n) is 20.8. The van der Waals surface area contributed by atoms with Crippen LogP contribution in [0.15, 0.2) is 84.4 Å². The maximum absolute atomic E-state index is 12.8. The number of carbonyl (C=O) groups is 1. The Bertz CT molecular complexity index is 1330. The molecule has 0 spiro atoms. The first-order valence-electron chi connectivity index (χ1n) is 13.1. The number of hydrogen-bond donors (Lipinski definition) is 1. The van der Waals surface area contributed by atoms with Crippen LogP contribution in [0.4, 0.5) is 5.69 Å². The number of nitrogens with zero attached hydrogens (tertiary/aromatic N) is 3. The average molecular weight is 510 g/mol. The quantitative estimate of drug-likeness (QED) is 0.289. The number of piperazine rings is 1. The third-order valence-electron chi connectivity index (χ3n) is 7.99. The second-order valence-electron chi connectivity index (χ2n) is 9.97. The maximum atomic E-state index is 12.8. The second-order valence-corrected chi connectivity index (χ2v) is 10.9. The van der Waals surface area contributed by atoms with Crippen molar-refractivity contribution in [2.75, 3.05) is 37.6 Å². The number of carboxylic acids is 1. The molecule has 3 aromatic carbocycles. The number of fused-ring (bicyclic) bond motifs is 3. The molecule has 0 saturated carbocycles. The van der Waals surface area contributed by atoms with Crippen molar-refractivity contribution in [1.29, 1.82) is 0 Å². The minimum atomic E-state index is -0.948. The Morgan fingerprint density at radius 3 is 2.11 bits per heavy atom. The Balaban J connectivity index is 1.05. The fourth-order valence-corrected chi connectivity index (χ4v) is 6.71. The minimum absolute atomic E-state index is 0.627. The highest BCUT2D eigenvalue weighted by atomic mass is 32.1. The molecular weight excluding hydrogens is 478 g/mol. The number of thiazole rings is 1. The van der Waals surface area contributed by atoms with Gasteiger partial charge in [0.1, 0.15) is 10.4 Å². The van der Waals surface area contributed by atoms with E-state index < -0.39 is 11.4 Å². The van der Waals surface area contributed by atoms with E-state index >= 15 is 0 Å². The van der Waals surface area contributed by atoms with Crippen LogP contribution in [0.5, 0.6) is 0 Å². The van der Waals surface area contributed by atoms with E-state index in [4.69, 9.17) is 0 Å². The van der Waals surface area contributed by atoms with Crippen LogP contribution in [-0.4, -0.2) is 53.7 Å². The van der Waals surface area contributed by atoms with E-state index in [9.17, 15) is 9.90 Å². The first-order chi connectivity index (χ1) is 18.2. The third-order valence-corrected chi connectivity index (χ3v) is 8.81. The number of aromatic nitrogens is 1. The van der Waals surface area contributed by atoms with Gasteiger partial charge in [-0.2, -0.15) is 0 Å². The van der Waals surface area contributed by atoms with Crippen LogP contribution in [-0.2, 0) is 10.2 Å². The molecule has 0 radical (unpaired) electrons. The van der Waals surface area contributed by atoms with Gasteiger partial charge in [-0.1, -0.05) is 55.0 Å².